The number of carboxylic acids is 1. The van der Waals surface area contributed by atoms with Crippen LogP contribution in [-0.2, 0) is 11.3 Å². The van der Waals surface area contributed by atoms with Gasteiger partial charge in [0, 0.05) is 6.92 Å². The molecule has 0 spiro atoms. The summed E-state index contributed by atoms with van der Waals surface area (Å²) < 4.78 is 5.33. The van der Waals surface area contributed by atoms with Gasteiger partial charge in [-0.3, -0.25) is 9.69 Å². The molecule has 1 aliphatic rings. The molecule has 0 radical (unpaired) electrons. The second-order valence-electron chi connectivity index (χ2n) is 4.93. The lowest BCUT2D eigenvalue weighted by Crippen LogP contribution is -2.43. The van der Waals surface area contributed by atoms with Gasteiger partial charge >= 0.3 is 5.97 Å². The van der Waals surface area contributed by atoms with Crippen LogP contribution in [-0.4, -0.2) is 39.3 Å². The first-order chi connectivity index (χ1) is 8.55. The van der Waals surface area contributed by atoms with Crippen LogP contribution < -0.4 is 0 Å². The maximum absolute atomic E-state index is 11.3. The summed E-state index contributed by atoms with van der Waals surface area (Å²) in [5, 5.41) is 17.1. The third-order valence-electron chi connectivity index (χ3n) is 3.87. The van der Waals surface area contributed by atoms with Gasteiger partial charge in [0.2, 0.25) is 11.8 Å². The van der Waals surface area contributed by atoms with Crippen molar-refractivity contribution in [3.8, 4) is 0 Å². The number of hydrogen-bond donors (Lipinski definition) is 1. The van der Waals surface area contributed by atoms with Gasteiger partial charge in [-0.25, -0.2) is 0 Å². The zero-order valence-corrected chi connectivity index (χ0v) is 10.8. The molecule has 0 unspecified atom stereocenters. The van der Waals surface area contributed by atoms with Crippen LogP contribution in [0.2, 0.25) is 0 Å². The van der Waals surface area contributed by atoms with E-state index in [0.717, 1.165) is 13.1 Å². The molecule has 0 aliphatic carbocycles. The fraction of sp³-hybridized carbons (Fsp3) is 0.750. The van der Waals surface area contributed by atoms with Gasteiger partial charge in [0.05, 0.1) is 12.0 Å². The van der Waals surface area contributed by atoms with E-state index in [4.69, 9.17) is 4.42 Å². The lowest BCUT2D eigenvalue weighted by Gasteiger charge is -2.37. The van der Waals surface area contributed by atoms with E-state index in [-0.39, 0.29) is 0 Å². The molecule has 6 heteroatoms. The number of likely N-dealkylation sites (tertiary alicyclic amines) is 1. The molecule has 1 saturated heterocycles. The van der Waals surface area contributed by atoms with Crippen molar-refractivity contribution in [3.05, 3.63) is 11.8 Å². The van der Waals surface area contributed by atoms with Crippen molar-refractivity contribution in [2.45, 2.75) is 39.7 Å². The number of aromatic nitrogens is 2. The molecule has 0 bridgehead atoms. The van der Waals surface area contributed by atoms with Gasteiger partial charge < -0.3 is 9.52 Å². The molecule has 0 atom stereocenters. The van der Waals surface area contributed by atoms with Crippen LogP contribution in [0.15, 0.2) is 4.42 Å². The van der Waals surface area contributed by atoms with Crippen LogP contribution in [0.4, 0.5) is 0 Å². The highest BCUT2D eigenvalue weighted by Crippen LogP contribution is 2.35. The van der Waals surface area contributed by atoms with Crippen LogP contribution in [0.25, 0.3) is 0 Å². The summed E-state index contributed by atoms with van der Waals surface area (Å²) in [6, 6.07) is 0. The lowest BCUT2D eigenvalue weighted by molar-refractivity contribution is -0.152. The Kier molecular flexibility index (Phi) is 3.65. The van der Waals surface area contributed by atoms with E-state index in [1.54, 1.807) is 6.92 Å². The minimum absolute atomic E-state index is 0.540. The Morgan fingerprint density at radius 3 is 2.56 bits per heavy atom. The molecule has 1 aromatic rings. The van der Waals surface area contributed by atoms with Crippen molar-refractivity contribution in [2.24, 2.45) is 5.41 Å². The van der Waals surface area contributed by atoms with E-state index < -0.39 is 11.4 Å². The van der Waals surface area contributed by atoms with Gasteiger partial charge in [0.15, 0.2) is 0 Å². The number of hydrogen-bond acceptors (Lipinski definition) is 5. The fourth-order valence-electron chi connectivity index (χ4n) is 2.45. The van der Waals surface area contributed by atoms with Crippen molar-refractivity contribution >= 4 is 5.97 Å². The minimum Gasteiger partial charge on any atom is -0.481 e. The van der Waals surface area contributed by atoms with Gasteiger partial charge in [-0.1, -0.05) is 6.92 Å². The maximum Gasteiger partial charge on any atom is 0.309 e. The van der Waals surface area contributed by atoms with Gasteiger partial charge in [-0.05, 0) is 32.4 Å². The minimum atomic E-state index is -0.668. The van der Waals surface area contributed by atoms with Crippen LogP contribution in [0.5, 0.6) is 0 Å². The van der Waals surface area contributed by atoms with Gasteiger partial charge in [-0.2, -0.15) is 0 Å². The van der Waals surface area contributed by atoms with Crippen molar-refractivity contribution < 1.29 is 14.3 Å². The van der Waals surface area contributed by atoms with Crippen molar-refractivity contribution in [3.63, 3.8) is 0 Å². The molecule has 2 heterocycles. The SMILES string of the molecule is CCC1(C(=O)O)CCN(Cc2nnc(C)o2)CC1. The van der Waals surface area contributed by atoms with Crippen molar-refractivity contribution in [2.75, 3.05) is 13.1 Å². The number of aryl methyl sites for hydroxylation is 1. The third kappa shape index (κ3) is 2.53. The molecule has 0 saturated carbocycles. The standard InChI is InChI=1S/C12H19N3O3/c1-3-12(11(16)17)4-6-15(7-5-12)8-10-14-13-9(2)18-10/h3-8H2,1-2H3,(H,16,17). The molecule has 100 valence electrons. The highest BCUT2D eigenvalue weighted by molar-refractivity contribution is 5.74. The van der Waals surface area contributed by atoms with E-state index in [1.807, 2.05) is 6.92 Å². The maximum atomic E-state index is 11.3. The first kappa shape index (κ1) is 13.0. The molecule has 1 aromatic heterocycles. The van der Waals surface area contributed by atoms with Gasteiger partial charge in [-0.15, -0.1) is 10.2 Å². The summed E-state index contributed by atoms with van der Waals surface area (Å²) in [6.07, 6.45) is 2.06. The van der Waals surface area contributed by atoms with E-state index in [2.05, 4.69) is 15.1 Å². The average molecular weight is 253 g/mol. The second kappa shape index (κ2) is 5.06. The molecule has 0 amide bonds. The number of carbonyl (C=O) groups is 1. The summed E-state index contributed by atoms with van der Waals surface area (Å²) in [6.45, 7) is 5.85. The van der Waals surface area contributed by atoms with Crippen LogP contribution in [0.3, 0.4) is 0 Å². The lowest BCUT2D eigenvalue weighted by atomic mass is 9.76. The summed E-state index contributed by atoms with van der Waals surface area (Å²) in [5.41, 5.74) is -0.540. The molecule has 6 nitrogen and oxygen atoms in total. The Morgan fingerprint density at radius 1 is 1.44 bits per heavy atom. The Morgan fingerprint density at radius 2 is 2.11 bits per heavy atom. The van der Waals surface area contributed by atoms with Crippen LogP contribution in [0, 0.1) is 12.3 Å². The molecular formula is C12H19N3O3. The average Bonchev–Trinajstić information content (AvgIpc) is 2.76. The van der Waals surface area contributed by atoms with E-state index >= 15 is 0 Å². The fourth-order valence-corrected chi connectivity index (χ4v) is 2.45. The van der Waals surface area contributed by atoms with Crippen molar-refractivity contribution in [1.29, 1.82) is 0 Å². The third-order valence-corrected chi connectivity index (χ3v) is 3.87. The predicted octanol–water partition coefficient (Wildman–Crippen LogP) is 1.45. The number of nitrogens with zero attached hydrogens (tertiary/aromatic N) is 3. The molecule has 1 aliphatic heterocycles. The normalized spacial score (nSPS) is 19.9. The molecule has 1 fully saturated rings. The van der Waals surface area contributed by atoms with Gasteiger partial charge in [0.1, 0.15) is 0 Å². The monoisotopic (exact) mass is 253 g/mol. The van der Waals surface area contributed by atoms with E-state index in [9.17, 15) is 9.90 Å². The van der Waals surface area contributed by atoms with Crippen molar-refractivity contribution in [1.82, 2.24) is 15.1 Å². The number of rotatable bonds is 4. The quantitative estimate of drug-likeness (QED) is 0.875. The largest absolute Gasteiger partial charge is 0.481 e. The predicted molar refractivity (Wildman–Crippen MR) is 63.9 cm³/mol. The van der Waals surface area contributed by atoms with E-state index in [1.165, 1.54) is 0 Å². The Labute approximate surface area is 106 Å². The van der Waals surface area contributed by atoms with Gasteiger partial charge in [0.25, 0.3) is 0 Å². The highest BCUT2D eigenvalue weighted by atomic mass is 16.4. The molecule has 18 heavy (non-hydrogen) atoms. The summed E-state index contributed by atoms with van der Waals surface area (Å²) >= 11 is 0. The number of piperidine rings is 1. The summed E-state index contributed by atoms with van der Waals surface area (Å²) in [7, 11) is 0. The topological polar surface area (TPSA) is 79.5 Å². The number of aliphatic carboxylic acids is 1. The zero-order valence-electron chi connectivity index (χ0n) is 10.8. The van der Waals surface area contributed by atoms with E-state index in [0.29, 0.717) is 37.6 Å². The molecule has 2 rings (SSSR count). The molecule has 1 N–H and O–H groups in total. The Bertz CT molecular complexity index is 422. The Hall–Kier alpha value is -1.43. The smallest absolute Gasteiger partial charge is 0.309 e. The molecular weight excluding hydrogens is 234 g/mol. The summed E-state index contributed by atoms with van der Waals surface area (Å²) in [5.74, 6) is 0.501. The zero-order chi connectivity index (χ0) is 13.2. The molecule has 0 aromatic carbocycles. The summed E-state index contributed by atoms with van der Waals surface area (Å²) in [4.78, 5) is 13.5. The first-order valence-electron chi connectivity index (χ1n) is 6.30. The highest BCUT2D eigenvalue weighted by Gasteiger charge is 2.39. The van der Waals surface area contributed by atoms with Crippen LogP contribution in [0.1, 0.15) is 38.0 Å². The number of carboxylic acid groups (broad SMARTS) is 1. The second-order valence-corrected chi connectivity index (χ2v) is 4.93. The first-order valence-corrected chi connectivity index (χ1v) is 6.30. The van der Waals surface area contributed by atoms with Crippen LogP contribution >= 0.6 is 0 Å². The Balaban J connectivity index is 1.92.